The fourth-order valence-corrected chi connectivity index (χ4v) is 3.03. The molecule has 0 radical (unpaired) electrons. The van der Waals surface area contributed by atoms with Crippen LogP contribution in [0.4, 0.5) is 14.5 Å². The number of nitrogens with zero attached hydrogens (tertiary/aromatic N) is 1. The Kier molecular flexibility index (Phi) is 4.46. The minimum Gasteiger partial charge on any atom is -0.497 e. The molecule has 0 spiro atoms. The highest BCUT2D eigenvalue weighted by molar-refractivity contribution is 5.95. The highest BCUT2D eigenvalue weighted by Crippen LogP contribution is 2.30. The molecule has 0 atom stereocenters. The zero-order valence-corrected chi connectivity index (χ0v) is 14.6. The predicted molar refractivity (Wildman–Crippen MR) is 102 cm³/mol. The van der Waals surface area contributed by atoms with Gasteiger partial charge in [-0.3, -0.25) is 0 Å². The van der Waals surface area contributed by atoms with E-state index in [2.05, 4.69) is 15.3 Å². The van der Waals surface area contributed by atoms with Crippen LogP contribution in [0.3, 0.4) is 0 Å². The number of fused-ring (bicyclic) bond motifs is 1. The number of H-pyrrole nitrogens is 1. The Morgan fingerprint density at radius 2 is 1.78 bits per heavy atom. The summed E-state index contributed by atoms with van der Waals surface area (Å²) in [5, 5.41) is 4.12. The summed E-state index contributed by atoms with van der Waals surface area (Å²) in [5.41, 5.74) is 4.11. The molecule has 0 unspecified atom stereocenters. The third-order valence-corrected chi connectivity index (χ3v) is 4.35. The molecule has 0 saturated carbocycles. The van der Waals surface area contributed by atoms with E-state index < -0.39 is 11.6 Å². The van der Waals surface area contributed by atoms with E-state index in [0.717, 1.165) is 39.7 Å². The first-order chi connectivity index (χ1) is 13.1. The Morgan fingerprint density at radius 1 is 1.04 bits per heavy atom. The number of rotatable bonds is 5. The molecular formula is C21H17F2N3O. The second kappa shape index (κ2) is 7.07. The number of nitrogens with one attached hydrogen (secondary N) is 2. The van der Waals surface area contributed by atoms with Gasteiger partial charge in [-0.2, -0.15) is 0 Å². The van der Waals surface area contributed by atoms with Crippen LogP contribution in [-0.2, 0) is 6.54 Å². The van der Waals surface area contributed by atoms with Crippen LogP contribution in [-0.4, -0.2) is 17.1 Å². The van der Waals surface area contributed by atoms with Crippen molar-refractivity contribution < 1.29 is 13.5 Å². The zero-order chi connectivity index (χ0) is 18.8. The maximum Gasteiger partial charge on any atom is 0.138 e. The van der Waals surface area contributed by atoms with E-state index in [4.69, 9.17) is 4.74 Å². The molecule has 0 fully saturated rings. The molecule has 2 N–H and O–H groups in total. The summed E-state index contributed by atoms with van der Waals surface area (Å²) in [4.78, 5) is 7.58. The summed E-state index contributed by atoms with van der Waals surface area (Å²) in [6.45, 7) is 0.296. The summed E-state index contributed by atoms with van der Waals surface area (Å²) >= 11 is 0. The molecule has 2 aromatic carbocycles. The van der Waals surface area contributed by atoms with Gasteiger partial charge >= 0.3 is 0 Å². The number of benzene rings is 2. The topological polar surface area (TPSA) is 49.9 Å². The molecule has 0 aliphatic heterocycles. The molecule has 0 aliphatic carbocycles. The van der Waals surface area contributed by atoms with Crippen LogP contribution in [0.15, 0.2) is 60.9 Å². The summed E-state index contributed by atoms with van der Waals surface area (Å²) in [5.74, 6) is -0.387. The minimum absolute atomic E-state index is 0.296. The summed E-state index contributed by atoms with van der Waals surface area (Å²) in [6, 6.07) is 13.2. The summed E-state index contributed by atoms with van der Waals surface area (Å²) in [7, 11) is 1.63. The SMILES string of the molecule is COc1ccc(-c2c[nH]c3ncc(NCc4cc(F)cc(F)c4)cc23)cc1. The Labute approximate surface area is 154 Å². The lowest BCUT2D eigenvalue weighted by atomic mass is 10.1. The van der Waals surface area contributed by atoms with Gasteiger partial charge in [-0.15, -0.1) is 0 Å². The van der Waals surface area contributed by atoms with Gasteiger partial charge in [0.2, 0.25) is 0 Å². The number of halogens is 2. The maximum atomic E-state index is 13.3. The van der Waals surface area contributed by atoms with Crippen LogP contribution < -0.4 is 10.1 Å². The van der Waals surface area contributed by atoms with E-state index in [-0.39, 0.29) is 0 Å². The van der Waals surface area contributed by atoms with Crippen molar-refractivity contribution in [2.45, 2.75) is 6.54 Å². The molecule has 136 valence electrons. The number of pyridine rings is 1. The van der Waals surface area contributed by atoms with Crippen LogP contribution >= 0.6 is 0 Å². The Morgan fingerprint density at radius 3 is 2.48 bits per heavy atom. The maximum absolute atomic E-state index is 13.3. The molecule has 4 aromatic rings. The van der Waals surface area contributed by atoms with Gasteiger partial charge in [0.25, 0.3) is 0 Å². The molecule has 0 amide bonds. The largest absolute Gasteiger partial charge is 0.497 e. The van der Waals surface area contributed by atoms with E-state index >= 15 is 0 Å². The van der Waals surface area contributed by atoms with Gasteiger partial charge in [-0.05, 0) is 41.5 Å². The lowest BCUT2D eigenvalue weighted by Crippen LogP contribution is -2.01. The molecule has 6 heteroatoms. The van der Waals surface area contributed by atoms with Crippen molar-refractivity contribution in [2.24, 2.45) is 0 Å². The highest BCUT2D eigenvalue weighted by atomic mass is 19.1. The van der Waals surface area contributed by atoms with Crippen molar-refractivity contribution in [3.8, 4) is 16.9 Å². The number of hydrogen-bond acceptors (Lipinski definition) is 3. The van der Waals surface area contributed by atoms with E-state index in [1.54, 1.807) is 13.3 Å². The molecule has 2 aromatic heterocycles. The average Bonchev–Trinajstić information content (AvgIpc) is 3.09. The number of aromatic nitrogens is 2. The molecule has 4 rings (SSSR count). The van der Waals surface area contributed by atoms with E-state index in [9.17, 15) is 8.78 Å². The van der Waals surface area contributed by atoms with Gasteiger partial charge in [-0.25, -0.2) is 13.8 Å². The van der Waals surface area contributed by atoms with Crippen molar-refractivity contribution >= 4 is 16.7 Å². The van der Waals surface area contributed by atoms with Crippen LogP contribution in [0.5, 0.6) is 5.75 Å². The number of aromatic amines is 1. The summed E-state index contributed by atoms with van der Waals surface area (Å²) < 4.78 is 31.8. The van der Waals surface area contributed by atoms with Crippen molar-refractivity contribution in [2.75, 3.05) is 12.4 Å². The average molecular weight is 365 g/mol. The van der Waals surface area contributed by atoms with Gasteiger partial charge in [0.15, 0.2) is 0 Å². The molecule has 2 heterocycles. The number of methoxy groups -OCH3 is 1. The van der Waals surface area contributed by atoms with E-state index in [1.165, 1.54) is 12.1 Å². The first-order valence-corrected chi connectivity index (χ1v) is 8.43. The van der Waals surface area contributed by atoms with Gasteiger partial charge in [-0.1, -0.05) is 12.1 Å². The Bertz CT molecular complexity index is 1070. The first kappa shape index (κ1) is 17.0. The quantitative estimate of drug-likeness (QED) is 0.516. The zero-order valence-electron chi connectivity index (χ0n) is 14.6. The Hall–Kier alpha value is -3.41. The predicted octanol–water partition coefficient (Wildman–Crippen LogP) is 5.13. The monoisotopic (exact) mass is 365 g/mol. The third-order valence-electron chi connectivity index (χ3n) is 4.35. The first-order valence-electron chi connectivity index (χ1n) is 8.43. The standard InChI is InChI=1S/C21H17F2N3O/c1-27-18-4-2-14(3-5-18)20-12-26-21-19(20)9-17(11-25-21)24-10-13-6-15(22)8-16(23)7-13/h2-9,11-12,24H,10H2,1H3,(H,25,26). The minimum atomic E-state index is -0.590. The number of hydrogen-bond donors (Lipinski definition) is 2. The van der Waals surface area contributed by atoms with Crippen molar-refractivity contribution in [3.05, 3.63) is 78.1 Å². The second-order valence-corrected chi connectivity index (χ2v) is 6.18. The van der Waals surface area contributed by atoms with E-state index in [1.807, 2.05) is 36.5 Å². The van der Waals surface area contributed by atoms with Crippen LogP contribution in [0, 0.1) is 11.6 Å². The second-order valence-electron chi connectivity index (χ2n) is 6.18. The van der Waals surface area contributed by atoms with Gasteiger partial charge in [0.1, 0.15) is 23.0 Å². The lowest BCUT2D eigenvalue weighted by molar-refractivity contribution is 0.415. The van der Waals surface area contributed by atoms with Gasteiger partial charge < -0.3 is 15.0 Å². The molecular weight excluding hydrogens is 348 g/mol. The third kappa shape index (κ3) is 3.60. The van der Waals surface area contributed by atoms with Crippen molar-refractivity contribution in [1.29, 1.82) is 0 Å². The van der Waals surface area contributed by atoms with Gasteiger partial charge in [0.05, 0.1) is 19.0 Å². The van der Waals surface area contributed by atoms with Gasteiger partial charge in [0, 0.05) is 29.8 Å². The normalized spacial score (nSPS) is 10.9. The van der Waals surface area contributed by atoms with Crippen LogP contribution in [0.2, 0.25) is 0 Å². The van der Waals surface area contributed by atoms with Crippen LogP contribution in [0.25, 0.3) is 22.2 Å². The Balaban J connectivity index is 1.61. The highest BCUT2D eigenvalue weighted by Gasteiger charge is 2.09. The van der Waals surface area contributed by atoms with E-state index in [0.29, 0.717) is 12.1 Å². The lowest BCUT2D eigenvalue weighted by Gasteiger charge is -2.08. The molecule has 27 heavy (non-hydrogen) atoms. The molecule has 0 bridgehead atoms. The fraction of sp³-hybridized carbons (Fsp3) is 0.0952. The molecule has 0 aliphatic rings. The number of ether oxygens (including phenoxy) is 1. The van der Waals surface area contributed by atoms with Crippen molar-refractivity contribution in [1.82, 2.24) is 9.97 Å². The summed E-state index contributed by atoms with van der Waals surface area (Å²) in [6.07, 6.45) is 3.59. The molecule has 4 nitrogen and oxygen atoms in total. The number of anilines is 1. The smallest absolute Gasteiger partial charge is 0.138 e. The van der Waals surface area contributed by atoms with Crippen molar-refractivity contribution in [3.63, 3.8) is 0 Å². The molecule has 0 saturated heterocycles. The van der Waals surface area contributed by atoms with Crippen LogP contribution in [0.1, 0.15) is 5.56 Å². The fourth-order valence-electron chi connectivity index (χ4n) is 3.03.